The molecule has 0 atom stereocenters. The molecule has 0 spiro atoms. The van der Waals surface area contributed by atoms with Gasteiger partial charge in [0.05, 0.1) is 16.4 Å². The molecule has 0 fully saturated rings. The maximum atomic E-state index is 13.4. The van der Waals surface area contributed by atoms with Crippen molar-refractivity contribution in [3.05, 3.63) is 63.8 Å². The number of hydrogen-bond donors (Lipinski definition) is 0. The molecule has 0 bridgehead atoms. The van der Waals surface area contributed by atoms with E-state index >= 15 is 0 Å². The van der Waals surface area contributed by atoms with E-state index in [4.69, 9.17) is 16.3 Å². The molecule has 7 heteroatoms. The zero-order chi connectivity index (χ0) is 16.4. The second-order valence-electron chi connectivity index (χ2n) is 4.60. The number of hydrogen-bond acceptors (Lipinski definition) is 3. The van der Waals surface area contributed by atoms with E-state index < -0.39 is 5.82 Å². The molecular weight excluding hydrogens is 387 g/mol. The van der Waals surface area contributed by atoms with Crippen LogP contribution in [-0.4, -0.2) is 16.3 Å². The maximum Gasteiger partial charge on any atom is 0.299 e. The van der Waals surface area contributed by atoms with Gasteiger partial charge in [0.15, 0.2) is 0 Å². The number of aromatic nitrogens is 2. The first-order valence-electron chi connectivity index (χ1n) is 6.50. The Kier molecular flexibility index (Phi) is 4.45. The van der Waals surface area contributed by atoms with Crippen LogP contribution in [-0.2, 0) is 4.79 Å². The average Bonchev–Trinajstić information content (AvgIpc) is 2.94. The molecule has 3 rings (SSSR count). The Hall–Kier alpha value is -2.18. The fourth-order valence-corrected chi connectivity index (χ4v) is 2.70. The third kappa shape index (κ3) is 3.28. The third-order valence-electron chi connectivity index (χ3n) is 3.12. The standard InChI is InChI=1S/C16H9BrClFN2O2/c17-11-2-1-3-12(7-11)21-15(8-16(20-21)23-9-22)10-4-5-14(19)13(18)6-10/h1-9H. The first-order chi connectivity index (χ1) is 11.1. The van der Waals surface area contributed by atoms with E-state index in [0.29, 0.717) is 17.7 Å². The van der Waals surface area contributed by atoms with E-state index in [0.717, 1.165) is 10.2 Å². The summed E-state index contributed by atoms with van der Waals surface area (Å²) in [7, 11) is 0. The topological polar surface area (TPSA) is 44.1 Å². The molecular formula is C16H9BrClFN2O2. The predicted molar refractivity (Wildman–Crippen MR) is 88.4 cm³/mol. The summed E-state index contributed by atoms with van der Waals surface area (Å²) in [5.41, 5.74) is 2.00. The molecule has 0 aliphatic rings. The van der Waals surface area contributed by atoms with Crippen LogP contribution in [0.5, 0.6) is 5.88 Å². The highest BCUT2D eigenvalue weighted by Gasteiger charge is 2.14. The van der Waals surface area contributed by atoms with Crippen molar-refractivity contribution in [3.63, 3.8) is 0 Å². The molecule has 0 N–H and O–H groups in total. The molecule has 1 aromatic heterocycles. The van der Waals surface area contributed by atoms with Crippen LogP contribution in [0.2, 0.25) is 5.02 Å². The highest BCUT2D eigenvalue weighted by molar-refractivity contribution is 9.10. The van der Waals surface area contributed by atoms with Gasteiger partial charge < -0.3 is 4.74 Å². The zero-order valence-electron chi connectivity index (χ0n) is 11.5. The van der Waals surface area contributed by atoms with Gasteiger partial charge in [0.25, 0.3) is 6.47 Å². The average molecular weight is 396 g/mol. The van der Waals surface area contributed by atoms with Crippen molar-refractivity contribution in [1.29, 1.82) is 0 Å². The van der Waals surface area contributed by atoms with E-state index in [1.165, 1.54) is 12.1 Å². The van der Waals surface area contributed by atoms with Crippen LogP contribution >= 0.6 is 27.5 Å². The van der Waals surface area contributed by atoms with Gasteiger partial charge in [-0.15, -0.1) is 5.10 Å². The molecule has 3 aromatic rings. The number of nitrogens with zero attached hydrogens (tertiary/aromatic N) is 2. The van der Waals surface area contributed by atoms with Gasteiger partial charge in [-0.1, -0.05) is 33.6 Å². The second kappa shape index (κ2) is 6.52. The maximum absolute atomic E-state index is 13.4. The Morgan fingerprint density at radius 1 is 1.22 bits per heavy atom. The summed E-state index contributed by atoms with van der Waals surface area (Å²) in [5.74, 6) is -0.372. The van der Waals surface area contributed by atoms with Crippen LogP contribution < -0.4 is 4.74 Å². The molecule has 0 aliphatic carbocycles. The van der Waals surface area contributed by atoms with Crippen LogP contribution in [0.15, 0.2) is 53.0 Å². The van der Waals surface area contributed by atoms with Gasteiger partial charge in [-0.3, -0.25) is 4.79 Å². The van der Waals surface area contributed by atoms with Crippen LogP contribution in [0.1, 0.15) is 0 Å². The Morgan fingerprint density at radius 3 is 2.74 bits per heavy atom. The highest BCUT2D eigenvalue weighted by Crippen LogP contribution is 2.30. The number of carbonyl (C=O) groups excluding carboxylic acids is 1. The molecule has 2 aromatic carbocycles. The van der Waals surface area contributed by atoms with Gasteiger partial charge in [-0.2, -0.15) is 0 Å². The number of carbonyl (C=O) groups is 1. The van der Waals surface area contributed by atoms with Crippen molar-refractivity contribution in [2.75, 3.05) is 0 Å². The summed E-state index contributed by atoms with van der Waals surface area (Å²) >= 11 is 9.26. The minimum Gasteiger partial charge on any atom is -0.408 e. The monoisotopic (exact) mass is 394 g/mol. The van der Waals surface area contributed by atoms with E-state index in [1.807, 2.05) is 24.3 Å². The highest BCUT2D eigenvalue weighted by atomic mass is 79.9. The third-order valence-corrected chi connectivity index (χ3v) is 3.91. The minimum atomic E-state index is -0.506. The van der Waals surface area contributed by atoms with Gasteiger partial charge in [0.2, 0.25) is 5.88 Å². The van der Waals surface area contributed by atoms with E-state index in [-0.39, 0.29) is 10.9 Å². The Balaban J connectivity index is 2.18. The lowest BCUT2D eigenvalue weighted by Crippen LogP contribution is -2.00. The molecule has 0 radical (unpaired) electrons. The summed E-state index contributed by atoms with van der Waals surface area (Å²) in [5, 5.41) is 4.25. The number of halogens is 3. The molecule has 0 saturated heterocycles. The van der Waals surface area contributed by atoms with Gasteiger partial charge in [0, 0.05) is 16.1 Å². The first-order valence-corrected chi connectivity index (χ1v) is 7.67. The number of benzene rings is 2. The van der Waals surface area contributed by atoms with Gasteiger partial charge in [0.1, 0.15) is 5.82 Å². The quantitative estimate of drug-likeness (QED) is 0.605. The van der Waals surface area contributed by atoms with Gasteiger partial charge in [-0.25, -0.2) is 9.07 Å². The molecule has 23 heavy (non-hydrogen) atoms. The van der Waals surface area contributed by atoms with Crippen molar-refractivity contribution in [1.82, 2.24) is 9.78 Å². The van der Waals surface area contributed by atoms with E-state index in [1.54, 1.807) is 16.8 Å². The van der Waals surface area contributed by atoms with Crippen LogP contribution in [0.3, 0.4) is 0 Å². The minimum absolute atomic E-state index is 0.00217. The van der Waals surface area contributed by atoms with E-state index in [2.05, 4.69) is 21.0 Å². The van der Waals surface area contributed by atoms with Crippen molar-refractivity contribution in [2.24, 2.45) is 0 Å². The number of rotatable bonds is 4. The summed E-state index contributed by atoms with van der Waals surface area (Å²) in [6, 6.07) is 13.4. The summed E-state index contributed by atoms with van der Waals surface area (Å²) in [6.07, 6.45) is 0. The smallest absolute Gasteiger partial charge is 0.299 e. The lowest BCUT2D eigenvalue weighted by Gasteiger charge is -2.08. The molecule has 0 unspecified atom stereocenters. The van der Waals surface area contributed by atoms with Crippen LogP contribution in [0, 0.1) is 5.82 Å². The molecule has 0 aliphatic heterocycles. The first kappa shape index (κ1) is 15.7. The molecule has 0 saturated carbocycles. The zero-order valence-corrected chi connectivity index (χ0v) is 13.9. The van der Waals surface area contributed by atoms with Crippen molar-refractivity contribution < 1.29 is 13.9 Å². The molecule has 1 heterocycles. The summed E-state index contributed by atoms with van der Waals surface area (Å²) in [4.78, 5) is 10.6. The number of ether oxygens (including phenoxy) is 1. The SMILES string of the molecule is O=COc1cc(-c2ccc(F)c(Cl)c2)n(-c2cccc(Br)c2)n1. The molecule has 116 valence electrons. The lowest BCUT2D eigenvalue weighted by atomic mass is 10.1. The van der Waals surface area contributed by atoms with Crippen LogP contribution in [0.25, 0.3) is 16.9 Å². The Morgan fingerprint density at radius 2 is 2.04 bits per heavy atom. The van der Waals surface area contributed by atoms with Crippen molar-refractivity contribution in [3.8, 4) is 22.8 Å². The second-order valence-corrected chi connectivity index (χ2v) is 5.93. The summed E-state index contributed by atoms with van der Waals surface area (Å²) < 4.78 is 20.7. The fraction of sp³-hybridized carbons (Fsp3) is 0. The van der Waals surface area contributed by atoms with Crippen molar-refractivity contribution in [2.45, 2.75) is 0 Å². The van der Waals surface area contributed by atoms with Crippen molar-refractivity contribution >= 4 is 34.0 Å². The normalized spacial score (nSPS) is 10.6. The predicted octanol–water partition coefficient (Wildman–Crippen LogP) is 4.63. The lowest BCUT2D eigenvalue weighted by molar-refractivity contribution is -0.120. The Labute approximate surface area is 144 Å². The largest absolute Gasteiger partial charge is 0.408 e. The van der Waals surface area contributed by atoms with E-state index in [9.17, 15) is 9.18 Å². The van der Waals surface area contributed by atoms with Gasteiger partial charge >= 0.3 is 0 Å². The Bertz CT molecular complexity index is 882. The van der Waals surface area contributed by atoms with Gasteiger partial charge in [-0.05, 0) is 36.4 Å². The molecule has 0 amide bonds. The summed E-state index contributed by atoms with van der Waals surface area (Å²) in [6.45, 7) is 0.301. The molecule has 4 nitrogen and oxygen atoms in total. The fourth-order valence-electron chi connectivity index (χ4n) is 2.13. The van der Waals surface area contributed by atoms with Crippen LogP contribution in [0.4, 0.5) is 4.39 Å².